The van der Waals surface area contributed by atoms with Crippen LogP contribution in [0.3, 0.4) is 0 Å². The molecule has 0 saturated carbocycles. The van der Waals surface area contributed by atoms with Crippen molar-refractivity contribution in [1.29, 1.82) is 10.5 Å². The molecule has 0 aliphatic rings. The molecule has 0 aliphatic carbocycles. The molecule has 5 heteroatoms. The van der Waals surface area contributed by atoms with E-state index in [-0.39, 0.29) is 5.56 Å². The summed E-state index contributed by atoms with van der Waals surface area (Å²) < 4.78 is 24.1. The van der Waals surface area contributed by atoms with E-state index in [1.165, 1.54) is 26.4 Å². The zero-order valence-corrected chi connectivity index (χ0v) is 12.1. The fourth-order valence-corrected chi connectivity index (χ4v) is 2.26. The predicted molar refractivity (Wildman–Crippen MR) is 78.1 cm³/mol. The van der Waals surface area contributed by atoms with Crippen LogP contribution in [0.4, 0.5) is 4.39 Å². The highest BCUT2D eigenvalue weighted by atomic mass is 19.1. The minimum absolute atomic E-state index is 0.121. The maximum atomic E-state index is 13.8. The molecule has 0 saturated heterocycles. The van der Waals surface area contributed by atoms with E-state index in [2.05, 4.69) is 6.07 Å². The molecule has 0 N–H and O–H groups in total. The summed E-state index contributed by atoms with van der Waals surface area (Å²) in [6.07, 6.45) is 0. The Bertz CT molecular complexity index is 775. The zero-order valence-electron chi connectivity index (χ0n) is 12.1. The Hall–Kier alpha value is -3.05. The largest absolute Gasteiger partial charge is 0.493 e. The van der Waals surface area contributed by atoms with Gasteiger partial charge in [0.25, 0.3) is 0 Å². The van der Waals surface area contributed by atoms with Crippen molar-refractivity contribution in [3.63, 3.8) is 0 Å². The molecule has 2 rings (SSSR count). The van der Waals surface area contributed by atoms with E-state index in [1.807, 2.05) is 6.07 Å². The minimum Gasteiger partial charge on any atom is -0.493 e. The second kappa shape index (κ2) is 6.60. The molecule has 4 nitrogen and oxygen atoms in total. The number of nitriles is 2. The van der Waals surface area contributed by atoms with Gasteiger partial charge in [0.15, 0.2) is 11.5 Å². The third kappa shape index (κ3) is 2.70. The van der Waals surface area contributed by atoms with Crippen molar-refractivity contribution in [2.75, 3.05) is 14.2 Å². The first-order valence-corrected chi connectivity index (χ1v) is 6.46. The molecule has 0 aliphatic heterocycles. The van der Waals surface area contributed by atoms with Gasteiger partial charge in [-0.3, -0.25) is 0 Å². The van der Waals surface area contributed by atoms with Crippen LogP contribution in [-0.4, -0.2) is 14.2 Å². The van der Waals surface area contributed by atoms with Gasteiger partial charge in [-0.25, -0.2) is 4.39 Å². The molecule has 2 aromatic rings. The van der Waals surface area contributed by atoms with Crippen molar-refractivity contribution in [3.8, 4) is 23.6 Å². The van der Waals surface area contributed by atoms with Gasteiger partial charge in [0.2, 0.25) is 0 Å². The summed E-state index contributed by atoms with van der Waals surface area (Å²) in [5.41, 5.74) is 0.809. The molecule has 0 aromatic heterocycles. The highest BCUT2D eigenvalue weighted by molar-refractivity contribution is 5.52. The van der Waals surface area contributed by atoms with Gasteiger partial charge in [0.1, 0.15) is 11.9 Å². The lowest BCUT2D eigenvalue weighted by Gasteiger charge is -2.14. The monoisotopic (exact) mass is 296 g/mol. The zero-order chi connectivity index (χ0) is 16.1. The van der Waals surface area contributed by atoms with Gasteiger partial charge >= 0.3 is 0 Å². The second-order valence-electron chi connectivity index (χ2n) is 4.49. The maximum absolute atomic E-state index is 13.8. The number of halogens is 1. The molecule has 0 amide bonds. The van der Waals surface area contributed by atoms with E-state index in [1.54, 1.807) is 24.3 Å². The van der Waals surface area contributed by atoms with Crippen LogP contribution in [0.1, 0.15) is 22.6 Å². The highest BCUT2D eigenvalue weighted by Crippen LogP contribution is 2.34. The van der Waals surface area contributed by atoms with E-state index < -0.39 is 11.7 Å². The normalized spacial score (nSPS) is 11.1. The Morgan fingerprint density at radius 2 is 1.77 bits per heavy atom. The molecule has 110 valence electrons. The Morgan fingerprint density at radius 1 is 1.05 bits per heavy atom. The van der Waals surface area contributed by atoms with Crippen LogP contribution in [0, 0.1) is 28.5 Å². The lowest BCUT2D eigenvalue weighted by molar-refractivity contribution is 0.354. The molecule has 0 radical (unpaired) electrons. The number of nitrogens with zero attached hydrogens (tertiary/aromatic N) is 2. The molecule has 22 heavy (non-hydrogen) atoms. The summed E-state index contributed by atoms with van der Waals surface area (Å²) in [6.45, 7) is 0. The summed E-state index contributed by atoms with van der Waals surface area (Å²) in [6, 6.07) is 13.2. The van der Waals surface area contributed by atoms with Gasteiger partial charge in [0.05, 0.1) is 31.8 Å². The predicted octanol–water partition coefficient (Wildman–Crippen LogP) is 3.37. The average Bonchev–Trinajstić information content (AvgIpc) is 2.55. The van der Waals surface area contributed by atoms with Gasteiger partial charge in [0, 0.05) is 0 Å². The lowest BCUT2D eigenvalue weighted by Crippen LogP contribution is -2.04. The molecule has 0 spiro atoms. The van der Waals surface area contributed by atoms with Crippen molar-refractivity contribution < 1.29 is 13.9 Å². The molecule has 2 aromatic carbocycles. The third-order valence-corrected chi connectivity index (χ3v) is 3.34. The van der Waals surface area contributed by atoms with E-state index in [0.29, 0.717) is 22.6 Å². The fourth-order valence-electron chi connectivity index (χ4n) is 2.26. The van der Waals surface area contributed by atoms with Crippen molar-refractivity contribution in [1.82, 2.24) is 0 Å². The average molecular weight is 296 g/mol. The molecule has 0 fully saturated rings. The van der Waals surface area contributed by atoms with Crippen molar-refractivity contribution in [2.24, 2.45) is 0 Å². The first-order chi connectivity index (χ1) is 10.7. The van der Waals surface area contributed by atoms with Gasteiger partial charge in [-0.05, 0) is 29.3 Å². The molecular weight excluding hydrogens is 283 g/mol. The van der Waals surface area contributed by atoms with E-state index in [9.17, 15) is 9.65 Å². The van der Waals surface area contributed by atoms with E-state index >= 15 is 0 Å². The SMILES string of the molecule is COc1ccc(C(C#N)c2cccc(F)c2C#N)cc1OC. The number of rotatable bonds is 4. The first-order valence-electron chi connectivity index (χ1n) is 6.46. The Balaban J connectivity index is 2.58. The van der Waals surface area contributed by atoms with Crippen LogP contribution in [0.5, 0.6) is 11.5 Å². The second-order valence-corrected chi connectivity index (χ2v) is 4.49. The summed E-state index contributed by atoms with van der Waals surface area (Å²) in [7, 11) is 3.01. The van der Waals surface area contributed by atoms with Crippen LogP contribution in [0.2, 0.25) is 0 Å². The number of hydrogen-bond donors (Lipinski definition) is 0. The van der Waals surface area contributed by atoms with Crippen LogP contribution in [-0.2, 0) is 0 Å². The summed E-state index contributed by atoms with van der Waals surface area (Å²) >= 11 is 0. The summed E-state index contributed by atoms with van der Waals surface area (Å²) in [5, 5.41) is 18.6. The van der Waals surface area contributed by atoms with Gasteiger partial charge < -0.3 is 9.47 Å². The number of methoxy groups -OCH3 is 2. The third-order valence-electron chi connectivity index (χ3n) is 3.34. The van der Waals surface area contributed by atoms with Crippen molar-refractivity contribution in [3.05, 3.63) is 58.9 Å². The van der Waals surface area contributed by atoms with Crippen LogP contribution < -0.4 is 9.47 Å². The molecule has 0 heterocycles. The van der Waals surface area contributed by atoms with Crippen LogP contribution in [0.15, 0.2) is 36.4 Å². The molecular formula is C17H13FN2O2. The van der Waals surface area contributed by atoms with E-state index in [4.69, 9.17) is 14.7 Å². The molecule has 1 atom stereocenters. The molecule has 0 bridgehead atoms. The quantitative estimate of drug-likeness (QED) is 0.867. The standard InChI is InChI=1S/C17H13FN2O2/c1-21-16-7-6-11(8-17(16)22-2)13(9-19)12-4-3-5-15(18)14(12)10-20/h3-8,13H,1-2H3. The highest BCUT2D eigenvalue weighted by Gasteiger charge is 2.21. The first kappa shape index (κ1) is 15.3. The van der Waals surface area contributed by atoms with Crippen LogP contribution >= 0.6 is 0 Å². The minimum atomic E-state index is -0.773. The van der Waals surface area contributed by atoms with Gasteiger partial charge in [-0.15, -0.1) is 0 Å². The van der Waals surface area contributed by atoms with Gasteiger partial charge in [-0.1, -0.05) is 18.2 Å². The summed E-state index contributed by atoms with van der Waals surface area (Å²) in [4.78, 5) is 0. The number of benzene rings is 2. The number of hydrogen-bond acceptors (Lipinski definition) is 4. The van der Waals surface area contributed by atoms with Crippen LogP contribution in [0.25, 0.3) is 0 Å². The Kier molecular flexibility index (Phi) is 4.60. The lowest BCUT2D eigenvalue weighted by atomic mass is 9.89. The fraction of sp³-hybridized carbons (Fsp3) is 0.176. The Morgan fingerprint density at radius 3 is 2.36 bits per heavy atom. The smallest absolute Gasteiger partial charge is 0.161 e. The van der Waals surface area contributed by atoms with E-state index in [0.717, 1.165) is 0 Å². The number of ether oxygens (including phenoxy) is 2. The van der Waals surface area contributed by atoms with Crippen molar-refractivity contribution >= 4 is 0 Å². The topological polar surface area (TPSA) is 66.0 Å². The van der Waals surface area contributed by atoms with Gasteiger partial charge in [-0.2, -0.15) is 10.5 Å². The maximum Gasteiger partial charge on any atom is 0.161 e. The Labute approximate surface area is 127 Å². The molecule has 1 unspecified atom stereocenters. The summed E-state index contributed by atoms with van der Waals surface area (Å²) in [5.74, 6) is -0.413. The van der Waals surface area contributed by atoms with Crippen molar-refractivity contribution in [2.45, 2.75) is 5.92 Å².